The van der Waals surface area contributed by atoms with Gasteiger partial charge in [0, 0.05) is 42.8 Å². The Balaban J connectivity index is 1.29. The summed E-state index contributed by atoms with van der Waals surface area (Å²) in [5.41, 5.74) is 2.95. The molecule has 2 heterocycles. The van der Waals surface area contributed by atoms with Gasteiger partial charge in [-0.3, -0.25) is 9.59 Å². The van der Waals surface area contributed by atoms with Crippen LogP contribution in [0.2, 0.25) is 0 Å². The highest BCUT2D eigenvalue weighted by Crippen LogP contribution is 2.29. The highest BCUT2D eigenvalue weighted by Gasteiger charge is 2.25. The highest BCUT2D eigenvalue weighted by atomic mass is 32.1. The first-order valence-corrected chi connectivity index (χ1v) is 11.2. The van der Waals surface area contributed by atoms with Gasteiger partial charge in [0.1, 0.15) is 10.8 Å². The van der Waals surface area contributed by atoms with Crippen molar-refractivity contribution in [3.05, 3.63) is 70.7 Å². The lowest BCUT2D eigenvalue weighted by molar-refractivity contribution is -0.140. The average Bonchev–Trinajstić information content (AvgIpc) is 3.22. The lowest BCUT2D eigenvalue weighted by Crippen LogP contribution is -2.52. The summed E-state index contributed by atoms with van der Waals surface area (Å²) in [6, 6.07) is 17.7. The number of aryl methyl sites for hydroxylation is 1. The Labute approximate surface area is 186 Å². The van der Waals surface area contributed by atoms with Crippen LogP contribution in [0.1, 0.15) is 10.7 Å². The van der Waals surface area contributed by atoms with E-state index in [9.17, 15) is 9.59 Å². The van der Waals surface area contributed by atoms with Crippen molar-refractivity contribution in [1.29, 1.82) is 0 Å². The SMILES string of the molecule is Cc1csc(CC(=O)N2CCN(C(=O)COc3ccccc3-c3ccccc3)CC2)n1. The molecule has 0 radical (unpaired) electrons. The van der Waals surface area contributed by atoms with Gasteiger partial charge in [0.2, 0.25) is 5.91 Å². The van der Waals surface area contributed by atoms with Gasteiger partial charge in [0.05, 0.1) is 6.42 Å². The number of piperazine rings is 1. The summed E-state index contributed by atoms with van der Waals surface area (Å²) in [4.78, 5) is 33.1. The maximum absolute atomic E-state index is 12.7. The first kappa shape index (κ1) is 21.1. The number of benzene rings is 2. The van der Waals surface area contributed by atoms with E-state index in [1.807, 2.05) is 71.8 Å². The molecule has 1 aliphatic rings. The number of ether oxygens (including phenoxy) is 1. The van der Waals surface area contributed by atoms with Crippen LogP contribution >= 0.6 is 11.3 Å². The highest BCUT2D eigenvalue weighted by molar-refractivity contribution is 7.09. The number of para-hydroxylation sites is 1. The van der Waals surface area contributed by atoms with Crippen molar-refractivity contribution in [1.82, 2.24) is 14.8 Å². The van der Waals surface area contributed by atoms with Crippen LogP contribution in [0.15, 0.2) is 60.0 Å². The number of rotatable bonds is 6. The maximum atomic E-state index is 12.7. The lowest BCUT2D eigenvalue weighted by atomic mass is 10.1. The summed E-state index contributed by atoms with van der Waals surface area (Å²) in [6.07, 6.45) is 0.325. The number of amides is 2. The fourth-order valence-electron chi connectivity index (χ4n) is 3.61. The Morgan fingerprint density at radius 1 is 0.935 bits per heavy atom. The summed E-state index contributed by atoms with van der Waals surface area (Å²) >= 11 is 1.51. The Morgan fingerprint density at radius 3 is 2.26 bits per heavy atom. The number of hydrogen-bond acceptors (Lipinski definition) is 5. The summed E-state index contributed by atoms with van der Waals surface area (Å²) in [7, 11) is 0. The lowest BCUT2D eigenvalue weighted by Gasteiger charge is -2.34. The van der Waals surface area contributed by atoms with E-state index < -0.39 is 0 Å². The Morgan fingerprint density at radius 2 is 1.58 bits per heavy atom. The van der Waals surface area contributed by atoms with E-state index in [1.165, 1.54) is 11.3 Å². The smallest absolute Gasteiger partial charge is 0.260 e. The Bertz CT molecular complexity index is 1040. The second-order valence-corrected chi connectivity index (χ2v) is 8.41. The molecule has 0 unspecified atom stereocenters. The van der Waals surface area contributed by atoms with Crippen molar-refractivity contribution >= 4 is 23.2 Å². The van der Waals surface area contributed by atoms with Crippen LogP contribution in [0.3, 0.4) is 0 Å². The molecule has 7 heteroatoms. The third-order valence-corrected chi connectivity index (χ3v) is 6.24. The number of hydrogen-bond donors (Lipinski definition) is 0. The molecule has 0 N–H and O–H groups in total. The van der Waals surface area contributed by atoms with Gasteiger partial charge in [-0.25, -0.2) is 4.98 Å². The van der Waals surface area contributed by atoms with Crippen LogP contribution in [-0.2, 0) is 16.0 Å². The standard InChI is InChI=1S/C24H25N3O3S/c1-18-17-31-22(25-18)15-23(28)26-11-13-27(14-12-26)24(29)16-30-21-10-6-5-9-20(21)19-7-3-2-4-8-19/h2-10,17H,11-16H2,1H3. The van der Waals surface area contributed by atoms with E-state index >= 15 is 0 Å². The Kier molecular flexibility index (Phi) is 6.62. The zero-order chi connectivity index (χ0) is 21.6. The summed E-state index contributed by atoms with van der Waals surface area (Å²) in [5, 5.41) is 2.79. The molecule has 1 aromatic heterocycles. The first-order chi connectivity index (χ1) is 15.1. The molecule has 2 amide bonds. The quantitative estimate of drug-likeness (QED) is 0.595. The molecule has 0 aliphatic carbocycles. The predicted octanol–water partition coefficient (Wildman–Crippen LogP) is 3.41. The topological polar surface area (TPSA) is 62.7 Å². The molecule has 160 valence electrons. The molecule has 6 nitrogen and oxygen atoms in total. The fourth-order valence-corrected chi connectivity index (χ4v) is 4.37. The van der Waals surface area contributed by atoms with E-state index in [2.05, 4.69) is 4.98 Å². The van der Waals surface area contributed by atoms with E-state index in [1.54, 1.807) is 4.90 Å². The fraction of sp³-hybridized carbons (Fsp3) is 0.292. The predicted molar refractivity (Wildman–Crippen MR) is 121 cm³/mol. The molecule has 0 spiro atoms. The summed E-state index contributed by atoms with van der Waals surface area (Å²) in [5.74, 6) is 0.689. The minimum absolute atomic E-state index is 0.0177. The van der Waals surface area contributed by atoms with E-state index in [0.717, 1.165) is 21.8 Å². The van der Waals surface area contributed by atoms with Gasteiger partial charge in [0.15, 0.2) is 6.61 Å². The van der Waals surface area contributed by atoms with Gasteiger partial charge in [-0.15, -0.1) is 11.3 Å². The molecule has 3 aromatic rings. The van der Waals surface area contributed by atoms with Crippen molar-refractivity contribution < 1.29 is 14.3 Å². The molecule has 1 saturated heterocycles. The van der Waals surface area contributed by atoms with Crippen LogP contribution in [0.25, 0.3) is 11.1 Å². The molecule has 0 saturated carbocycles. The van der Waals surface area contributed by atoms with Crippen molar-refractivity contribution in [3.63, 3.8) is 0 Å². The summed E-state index contributed by atoms with van der Waals surface area (Å²) < 4.78 is 5.88. The van der Waals surface area contributed by atoms with Gasteiger partial charge in [-0.1, -0.05) is 48.5 Å². The molecular formula is C24H25N3O3S. The van der Waals surface area contributed by atoms with Crippen molar-refractivity contribution in [2.24, 2.45) is 0 Å². The maximum Gasteiger partial charge on any atom is 0.260 e. The van der Waals surface area contributed by atoms with Crippen molar-refractivity contribution in [3.8, 4) is 16.9 Å². The largest absolute Gasteiger partial charge is 0.483 e. The number of carbonyl (C=O) groups excluding carboxylic acids is 2. The molecule has 0 bridgehead atoms. The first-order valence-electron chi connectivity index (χ1n) is 10.3. The molecule has 1 fully saturated rings. The van der Waals surface area contributed by atoms with Crippen LogP contribution in [0.4, 0.5) is 0 Å². The van der Waals surface area contributed by atoms with Gasteiger partial charge in [-0.2, -0.15) is 0 Å². The molecule has 0 atom stereocenters. The molecular weight excluding hydrogens is 410 g/mol. The van der Waals surface area contributed by atoms with Crippen molar-refractivity contribution in [2.75, 3.05) is 32.8 Å². The Hall–Kier alpha value is -3.19. The minimum Gasteiger partial charge on any atom is -0.483 e. The van der Waals surface area contributed by atoms with Gasteiger partial charge in [-0.05, 0) is 18.6 Å². The molecule has 31 heavy (non-hydrogen) atoms. The zero-order valence-electron chi connectivity index (χ0n) is 17.5. The monoisotopic (exact) mass is 435 g/mol. The van der Waals surface area contributed by atoms with Gasteiger partial charge < -0.3 is 14.5 Å². The van der Waals surface area contributed by atoms with E-state index in [0.29, 0.717) is 38.3 Å². The molecule has 1 aliphatic heterocycles. The summed E-state index contributed by atoms with van der Waals surface area (Å²) in [6.45, 7) is 4.02. The number of thiazole rings is 1. The third kappa shape index (κ3) is 5.30. The van der Waals surface area contributed by atoms with E-state index in [4.69, 9.17) is 4.74 Å². The molecule has 4 rings (SSSR count). The van der Waals surface area contributed by atoms with Crippen LogP contribution < -0.4 is 4.74 Å². The number of carbonyl (C=O) groups is 2. The van der Waals surface area contributed by atoms with Gasteiger partial charge >= 0.3 is 0 Å². The van der Waals surface area contributed by atoms with Gasteiger partial charge in [0.25, 0.3) is 5.91 Å². The van der Waals surface area contributed by atoms with Crippen LogP contribution in [-0.4, -0.2) is 59.4 Å². The van der Waals surface area contributed by atoms with Crippen molar-refractivity contribution in [2.45, 2.75) is 13.3 Å². The second kappa shape index (κ2) is 9.75. The zero-order valence-corrected chi connectivity index (χ0v) is 18.3. The average molecular weight is 436 g/mol. The second-order valence-electron chi connectivity index (χ2n) is 7.47. The van der Waals surface area contributed by atoms with E-state index in [-0.39, 0.29) is 18.4 Å². The number of nitrogens with zero attached hydrogens (tertiary/aromatic N) is 3. The molecule has 2 aromatic carbocycles. The van der Waals surface area contributed by atoms with Crippen LogP contribution in [0.5, 0.6) is 5.75 Å². The number of aromatic nitrogens is 1. The minimum atomic E-state index is -0.0643. The van der Waals surface area contributed by atoms with Crippen LogP contribution in [0, 0.1) is 6.92 Å². The third-order valence-electron chi connectivity index (χ3n) is 5.28. The normalized spacial score (nSPS) is 13.8.